The van der Waals surface area contributed by atoms with Crippen LogP contribution < -0.4 is 11.3 Å². The Kier molecular flexibility index (Phi) is 3.61. The summed E-state index contributed by atoms with van der Waals surface area (Å²) in [6.07, 6.45) is 3.44. The van der Waals surface area contributed by atoms with E-state index < -0.39 is 0 Å². The molecule has 3 nitrogen and oxygen atoms in total. The molecule has 84 valence electrons. The van der Waals surface area contributed by atoms with Gasteiger partial charge in [0.2, 0.25) is 0 Å². The molecule has 2 rings (SSSR count). The van der Waals surface area contributed by atoms with Crippen LogP contribution in [0.5, 0.6) is 0 Å². The highest BCUT2D eigenvalue weighted by Gasteiger charge is 2.15. The molecule has 0 aliphatic rings. The van der Waals surface area contributed by atoms with Crippen LogP contribution in [0.2, 0.25) is 0 Å². The van der Waals surface area contributed by atoms with E-state index in [1.165, 1.54) is 11.1 Å². The van der Waals surface area contributed by atoms with E-state index in [9.17, 15) is 4.39 Å². The minimum Gasteiger partial charge on any atom is -0.271 e. The van der Waals surface area contributed by atoms with Crippen LogP contribution in [0.15, 0.2) is 36.0 Å². The lowest BCUT2D eigenvalue weighted by molar-refractivity contribution is 0.510. The SMILES string of the molecule is NNC(Cc1cccs1)c1ccncc1F. The summed E-state index contributed by atoms with van der Waals surface area (Å²) >= 11 is 1.63. The molecule has 0 saturated carbocycles. The van der Waals surface area contributed by atoms with Crippen molar-refractivity contribution < 1.29 is 4.39 Å². The van der Waals surface area contributed by atoms with Crippen molar-refractivity contribution in [1.29, 1.82) is 0 Å². The molecule has 1 unspecified atom stereocenters. The lowest BCUT2D eigenvalue weighted by Gasteiger charge is -2.15. The van der Waals surface area contributed by atoms with Gasteiger partial charge in [-0.2, -0.15) is 0 Å². The molecule has 0 amide bonds. The minimum absolute atomic E-state index is 0.221. The summed E-state index contributed by atoms with van der Waals surface area (Å²) in [7, 11) is 0. The van der Waals surface area contributed by atoms with Crippen molar-refractivity contribution in [2.24, 2.45) is 5.84 Å². The number of rotatable bonds is 4. The van der Waals surface area contributed by atoms with Gasteiger partial charge in [0.25, 0.3) is 0 Å². The van der Waals surface area contributed by atoms with Crippen LogP contribution in [0.4, 0.5) is 4.39 Å². The van der Waals surface area contributed by atoms with Gasteiger partial charge in [0, 0.05) is 23.1 Å². The molecule has 2 heterocycles. The molecule has 0 bridgehead atoms. The van der Waals surface area contributed by atoms with Gasteiger partial charge >= 0.3 is 0 Å². The minimum atomic E-state index is -0.331. The van der Waals surface area contributed by atoms with E-state index in [-0.39, 0.29) is 11.9 Å². The Labute approximate surface area is 97.1 Å². The summed E-state index contributed by atoms with van der Waals surface area (Å²) in [6, 6.07) is 5.40. The van der Waals surface area contributed by atoms with Crippen LogP contribution in [-0.4, -0.2) is 4.98 Å². The third kappa shape index (κ3) is 2.44. The van der Waals surface area contributed by atoms with Gasteiger partial charge in [-0.05, 0) is 17.5 Å². The zero-order valence-corrected chi connectivity index (χ0v) is 9.38. The highest BCUT2D eigenvalue weighted by Crippen LogP contribution is 2.22. The van der Waals surface area contributed by atoms with Gasteiger partial charge in [0.1, 0.15) is 5.82 Å². The number of nitrogens with zero attached hydrogens (tertiary/aromatic N) is 1. The average Bonchev–Trinajstić information content (AvgIpc) is 2.80. The third-order valence-electron chi connectivity index (χ3n) is 2.37. The van der Waals surface area contributed by atoms with Crippen LogP contribution in [0.25, 0.3) is 0 Å². The van der Waals surface area contributed by atoms with Gasteiger partial charge in [-0.15, -0.1) is 11.3 Å². The molecule has 0 aromatic carbocycles. The number of thiophene rings is 1. The maximum Gasteiger partial charge on any atom is 0.146 e. The maximum atomic E-state index is 13.5. The lowest BCUT2D eigenvalue weighted by Crippen LogP contribution is -2.30. The number of nitrogens with one attached hydrogen (secondary N) is 1. The Morgan fingerprint density at radius 3 is 3.00 bits per heavy atom. The molecular weight excluding hydrogens is 225 g/mol. The summed E-state index contributed by atoms with van der Waals surface area (Å²) in [5.74, 6) is 5.13. The van der Waals surface area contributed by atoms with Crippen LogP contribution in [0.3, 0.4) is 0 Å². The first-order valence-electron chi connectivity index (χ1n) is 4.89. The van der Waals surface area contributed by atoms with E-state index in [1.807, 2.05) is 17.5 Å². The number of aromatic nitrogens is 1. The molecule has 0 aliphatic carbocycles. The first-order valence-corrected chi connectivity index (χ1v) is 5.77. The monoisotopic (exact) mass is 237 g/mol. The normalized spacial score (nSPS) is 12.6. The molecule has 3 N–H and O–H groups in total. The molecule has 2 aromatic heterocycles. The van der Waals surface area contributed by atoms with Crippen molar-refractivity contribution in [3.8, 4) is 0 Å². The van der Waals surface area contributed by atoms with Crippen LogP contribution >= 0.6 is 11.3 Å². The fourth-order valence-electron chi connectivity index (χ4n) is 1.56. The van der Waals surface area contributed by atoms with Gasteiger partial charge in [-0.1, -0.05) is 6.07 Å². The van der Waals surface area contributed by atoms with Gasteiger partial charge < -0.3 is 0 Å². The van der Waals surface area contributed by atoms with Crippen molar-refractivity contribution in [3.63, 3.8) is 0 Å². The topological polar surface area (TPSA) is 50.9 Å². The fourth-order valence-corrected chi connectivity index (χ4v) is 2.31. The largest absolute Gasteiger partial charge is 0.271 e. The molecule has 0 saturated heterocycles. The third-order valence-corrected chi connectivity index (χ3v) is 3.26. The van der Waals surface area contributed by atoms with Crippen molar-refractivity contribution in [3.05, 3.63) is 52.2 Å². The standard InChI is InChI=1S/C11H12FN3S/c12-10-7-14-4-3-9(10)11(15-13)6-8-2-1-5-16-8/h1-5,7,11,15H,6,13H2. The Balaban J connectivity index is 2.20. The Morgan fingerprint density at radius 1 is 1.50 bits per heavy atom. The predicted molar refractivity (Wildman–Crippen MR) is 62.3 cm³/mol. The van der Waals surface area contributed by atoms with Gasteiger partial charge in [-0.3, -0.25) is 16.3 Å². The Morgan fingerprint density at radius 2 is 2.38 bits per heavy atom. The van der Waals surface area contributed by atoms with E-state index in [0.29, 0.717) is 12.0 Å². The summed E-state index contributed by atoms with van der Waals surface area (Å²) in [4.78, 5) is 4.88. The first-order chi connectivity index (χ1) is 7.81. The molecule has 0 aliphatic heterocycles. The van der Waals surface area contributed by atoms with Crippen molar-refractivity contribution in [2.45, 2.75) is 12.5 Å². The van der Waals surface area contributed by atoms with Crippen LogP contribution in [-0.2, 0) is 6.42 Å². The number of nitrogens with two attached hydrogens (primary N) is 1. The van der Waals surface area contributed by atoms with Gasteiger partial charge in [0.15, 0.2) is 0 Å². The summed E-state index contributed by atoms with van der Waals surface area (Å²) in [6.45, 7) is 0. The number of hydrogen-bond donors (Lipinski definition) is 2. The molecule has 5 heteroatoms. The van der Waals surface area contributed by atoms with Crippen molar-refractivity contribution >= 4 is 11.3 Å². The second-order valence-corrected chi connectivity index (χ2v) is 4.43. The second kappa shape index (κ2) is 5.16. The summed E-state index contributed by atoms with van der Waals surface area (Å²) in [5.41, 5.74) is 3.18. The zero-order valence-electron chi connectivity index (χ0n) is 8.56. The van der Waals surface area contributed by atoms with Gasteiger partial charge in [-0.25, -0.2) is 4.39 Å². The average molecular weight is 237 g/mol. The number of pyridine rings is 1. The number of hydrogen-bond acceptors (Lipinski definition) is 4. The quantitative estimate of drug-likeness (QED) is 0.632. The highest BCUT2D eigenvalue weighted by atomic mass is 32.1. The predicted octanol–water partition coefficient (Wildman–Crippen LogP) is 2.03. The van der Waals surface area contributed by atoms with Crippen molar-refractivity contribution in [1.82, 2.24) is 10.4 Å². The van der Waals surface area contributed by atoms with Gasteiger partial charge in [0.05, 0.1) is 12.2 Å². The molecule has 0 radical (unpaired) electrons. The highest BCUT2D eigenvalue weighted by molar-refractivity contribution is 7.09. The van der Waals surface area contributed by atoms with E-state index in [4.69, 9.17) is 5.84 Å². The molecule has 1 atom stereocenters. The van der Waals surface area contributed by atoms with E-state index in [2.05, 4.69) is 10.4 Å². The van der Waals surface area contributed by atoms with Crippen LogP contribution in [0, 0.1) is 5.82 Å². The number of halogens is 1. The van der Waals surface area contributed by atoms with E-state index in [0.717, 1.165) is 0 Å². The first kappa shape index (κ1) is 11.2. The molecule has 2 aromatic rings. The smallest absolute Gasteiger partial charge is 0.146 e. The van der Waals surface area contributed by atoms with E-state index in [1.54, 1.807) is 23.6 Å². The lowest BCUT2D eigenvalue weighted by atomic mass is 10.0. The number of hydrazine groups is 1. The molecule has 0 spiro atoms. The van der Waals surface area contributed by atoms with E-state index >= 15 is 0 Å². The molecular formula is C11H12FN3S. The maximum absolute atomic E-state index is 13.5. The fraction of sp³-hybridized carbons (Fsp3) is 0.182. The molecule has 0 fully saturated rings. The summed E-state index contributed by atoms with van der Waals surface area (Å²) in [5, 5.41) is 1.99. The second-order valence-electron chi connectivity index (χ2n) is 3.40. The molecule has 16 heavy (non-hydrogen) atoms. The Hall–Kier alpha value is -1.30. The Bertz CT molecular complexity index is 444. The zero-order chi connectivity index (χ0) is 11.4. The van der Waals surface area contributed by atoms with Crippen LogP contribution in [0.1, 0.15) is 16.5 Å². The summed E-state index contributed by atoms with van der Waals surface area (Å²) < 4.78 is 13.5. The van der Waals surface area contributed by atoms with Crippen molar-refractivity contribution in [2.75, 3.05) is 0 Å².